The normalized spacial score (nSPS) is 10.6. The predicted octanol–water partition coefficient (Wildman–Crippen LogP) is 3.91. The van der Waals surface area contributed by atoms with E-state index in [2.05, 4.69) is 19.2 Å². The first-order valence-corrected chi connectivity index (χ1v) is 8.53. The second-order valence-corrected chi connectivity index (χ2v) is 6.47. The van der Waals surface area contributed by atoms with Crippen LogP contribution in [0.25, 0.3) is 0 Å². The van der Waals surface area contributed by atoms with Gasteiger partial charge in [-0.05, 0) is 41.5 Å². The minimum absolute atomic E-state index is 0.140. The lowest BCUT2D eigenvalue weighted by atomic mass is 10.0. The van der Waals surface area contributed by atoms with Gasteiger partial charge in [0, 0.05) is 17.5 Å². The van der Waals surface area contributed by atoms with Gasteiger partial charge in [0.15, 0.2) is 0 Å². The van der Waals surface area contributed by atoms with E-state index in [1.54, 1.807) is 11.4 Å². The third kappa shape index (κ3) is 4.93. The van der Waals surface area contributed by atoms with Crippen LogP contribution in [0.4, 0.5) is 0 Å². The highest BCUT2D eigenvalue weighted by Gasteiger charge is 2.13. The molecular formula is C18H21NO3S. The summed E-state index contributed by atoms with van der Waals surface area (Å²) < 4.78 is 5.47. The molecular weight excluding hydrogens is 310 g/mol. The molecule has 0 saturated carbocycles. The maximum absolute atomic E-state index is 12.0. The molecule has 2 rings (SSSR count). The molecule has 1 aromatic carbocycles. The number of amides is 1. The summed E-state index contributed by atoms with van der Waals surface area (Å²) in [5.41, 5.74) is 2.67. The monoisotopic (exact) mass is 331 g/mol. The fourth-order valence-corrected chi connectivity index (χ4v) is 2.79. The molecule has 0 atom stereocenters. The van der Waals surface area contributed by atoms with Crippen LogP contribution in [-0.4, -0.2) is 18.4 Å². The zero-order chi connectivity index (χ0) is 16.8. The topological polar surface area (TPSA) is 55.4 Å². The van der Waals surface area contributed by atoms with Crippen molar-refractivity contribution in [3.8, 4) is 5.75 Å². The molecule has 4 nitrogen and oxygen atoms in total. The third-order valence-corrected chi connectivity index (χ3v) is 4.10. The molecule has 0 spiro atoms. The van der Waals surface area contributed by atoms with Gasteiger partial charge in [-0.1, -0.05) is 26.0 Å². The van der Waals surface area contributed by atoms with E-state index in [-0.39, 0.29) is 30.8 Å². The van der Waals surface area contributed by atoms with Crippen molar-refractivity contribution < 1.29 is 14.3 Å². The van der Waals surface area contributed by atoms with Crippen molar-refractivity contribution in [1.82, 2.24) is 5.32 Å². The Balaban J connectivity index is 1.88. The molecule has 1 N–H and O–H groups in total. The Morgan fingerprint density at radius 1 is 1.26 bits per heavy atom. The van der Waals surface area contributed by atoms with Crippen molar-refractivity contribution in [2.24, 2.45) is 0 Å². The van der Waals surface area contributed by atoms with E-state index in [0.29, 0.717) is 11.3 Å². The molecule has 1 heterocycles. The van der Waals surface area contributed by atoms with E-state index in [9.17, 15) is 9.59 Å². The maximum atomic E-state index is 12.0. The Morgan fingerprint density at radius 3 is 2.70 bits per heavy atom. The second-order valence-electron chi connectivity index (χ2n) is 5.69. The highest BCUT2D eigenvalue weighted by atomic mass is 32.1. The van der Waals surface area contributed by atoms with Gasteiger partial charge < -0.3 is 10.1 Å². The average Bonchev–Trinajstić information content (AvgIpc) is 3.01. The summed E-state index contributed by atoms with van der Waals surface area (Å²) in [5.74, 6) is 0.367. The number of hydrogen-bond acceptors (Lipinski definition) is 4. The van der Waals surface area contributed by atoms with Gasteiger partial charge in [-0.25, -0.2) is 0 Å². The lowest BCUT2D eigenvalue weighted by Crippen LogP contribution is -2.26. The minimum atomic E-state index is -0.344. The molecule has 0 fully saturated rings. The molecule has 0 radical (unpaired) electrons. The van der Waals surface area contributed by atoms with Gasteiger partial charge in [-0.2, -0.15) is 11.3 Å². The Labute approximate surface area is 140 Å². The first-order chi connectivity index (χ1) is 11.0. The van der Waals surface area contributed by atoms with Crippen LogP contribution in [0.1, 0.15) is 47.7 Å². The van der Waals surface area contributed by atoms with Crippen LogP contribution < -0.4 is 10.1 Å². The van der Waals surface area contributed by atoms with Crippen LogP contribution in [0.2, 0.25) is 0 Å². The molecule has 0 aliphatic heterocycles. The lowest BCUT2D eigenvalue weighted by Gasteiger charge is -2.13. The van der Waals surface area contributed by atoms with Crippen molar-refractivity contribution in [2.45, 2.75) is 33.1 Å². The number of ether oxygens (including phenoxy) is 1. The molecule has 1 aromatic heterocycles. The number of carbonyl (C=O) groups is 2. The van der Waals surface area contributed by atoms with Gasteiger partial charge in [0.25, 0.3) is 5.91 Å². The number of thiophene rings is 1. The Hall–Kier alpha value is -2.14. The highest BCUT2D eigenvalue weighted by Crippen LogP contribution is 2.27. The number of esters is 1. The number of aryl methyl sites for hydroxylation is 1. The number of benzene rings is 1. The summed E-state index contributed by atoms with van der Waals surface area (Å²) in [6.45, 7) is 6.34. The van der Waals surface area contributed by atoms with Crippen LogP contribution in [0.15, 0.2) is 35.0 Å². The molecule has 23 heavy (non-hydrogen) atoms. The molecule has 2 aromatic rings. The highest BCUT2D eigenvalue weighted by molar-refractivity contribution is 7.08. The summed E-state index contributed by atoms with van der Waals surface area (Å²) in [4.78, 5) is 23.8. The third-order valence-electron chi connectivity index (χ3n) is 3.41. The SMILES string of the molecule is Cc1ccc(C(C)C)c(OC(=O)CCNC(=O)c2ccsc2)c1. The summed E-state index contributed by atoms with van der Waals surface area (Å²) in [7, 11) is 0. The fraction of sp³-hybridized carbons (Fsp3) is 0.333. The summed E-state index contributed by atoms with van der Waals surface area (Å²) in [6.07, 6.45) is 0.140. The van der Waals surface area contributed by atoms with Crippen molar-refractivity contribution in [2.75, 3.05) is 6.54 Å². The Kier molecular flexibility index (Phi) is 5.93. The van der Waals surface area contributed by atoms with E-state index in [4.69, 9.17) is 4.74 Å². The zero-order valence-electron chi connectivity index (χ0n) is 13.6. The Morgan fingerprint density at radius 2 is 2.04 bits per heavy atom. The average molecular weight is 331 g/mol. The first kappa shape index (κ1) is 17.2. The fourth-order valence-electron chi connectivity index (χ4n) is 2.15. The maximum Gasteiger partial charge on any atom is 0.312 e. The number of carbonyl (C=O) groups excluding carboxylic acids is 2. The first-order valence-electron chi connectivity index (χ1n) is 7.59. The van der Waals surface area contributed by atoms with Gasteiger partial charge in [0.1, 0.15) is 5.75 Å². The van der Waals surface area contributed by atoms with Crippen LogP contribution in [0.5, 0.6) is 5.75 Å². The van der Waals surface area contributed by atoms with Crippen LogP contribution in [0, 0.1) is 6.92 Å². The number of hydrogen-bond donors (Lipinski definition) is 1. The second kappa shape index (κ2) is 7.92. The Bertz CT molecular complexity index is 678. The molecule has 5 heteroatoms. The minimum Gasteiger partial charge on any atom is -0.426 e. The number of nitrogens with one attached hydrogen (secondary N) is 1. The van der Waals surface area contributed by atoms with Crippen molar-refractivity contribution in [1.29, 1.82) is 0 Å². The van der Waals surface area contributed by atoms with Gasteiger partial charge in [-0.15, -0.1) is 0 Å². The van der Waals surface area contributed by atoms with Gasteiger partial charge >= 0.3 is 5.97 Å². The van der Waals surface area contributed by atoms with Gasteiger partial charge in [0.05, 0.1) is 6.42 Å². The molecule has 0 saturated heterocycles. The van der Waals surface area contributed by atoms with E-state index in [1.165, 1.54) is 11.3 Å². The van der Waals surface area contributed by atoms with Gasteiger partial charge in [-0.3, -0.25) is 9.59 Å². The smallest absolute Gasteiger partial charge is 0.312 e. The van der Waals surface area contributed by atoms with Crippen molar-refractivity contribution in [3.63, 3.8) is 0 Å². The number of rotatable bonds is 6. The molecule has 0 aliphatic rings. The van der Waals surface area contributed by atoms with E-state index in [1.807, 2.05) is 30.5 Å². The van der Waals surface area contributed by atoms with E-state index >= 15 is 0 Å². The zero-order valence-corrected chi connectivity index (χ0v) is 14.4. The van der Waals surface area contributed by atoms with Crippen molar-refractivity contribution in [3.05, 3.63) is 51.7 Å². The van der Waals surface area contributed by atoms with Crippen molar-refractivity contribution >= 4 is 23.2 Å². The van der Waals surface area contributed by atoms with Crippen LogP contribution in [0.3, 0.4) is 0 Å². The van der Waals surface area contributed by atoms with Crippen LogP contribution >= 0.6 is 11.3 Å². The molecule has 0 unspecified atom stereocenters. The largest absolute Gasteiger partial charge is 0.426 e. The van der Waals surface area contributed by atoms with E-state index < -0.39 is 0 Å². The van der Waals surface area contributed by atoms with Gasteiger partial charge in [0.2, 0.25) is 0 Å². The molecule has 122 valence electrons. The van der Waals surface area contributed by atoms with E-state index in [0.717, 1.165) is 11.1 Å². The summed E-state index contributed by atoms with van der Waals surface area (Å²) in [5, 5.41) is 6.33. The quantitative estimate of drug-likeness (QED) is 0.645. The molecule has 0 bridgehead atoms. The summed E-state index contributed by atoms with van der Waals surface area (Å²) in [6, 6.07) is 7.62. The molecule has 0 aliphatic carbocycles. The lowest BCUT2D eigenvalue weighted by molar-refractivity contribution is -0.134. The summed E-state index contributed by atoms with van der Waals surface area (Å²) >= 11 is 1.46. The molecule has 1 amide bonds. The van der Waals surface area contributed by atoms with Crippen LogP contribution in [-0.2, 0) is 4.79 Å². The standard InChI is InChI=1S/C18H21NO3S/c1-12(2)15-5-4-13(3)10-16(15)22-17(20)6-8-19-18(21)14-7-9-23-11-14/h4-5,7,9-12H,6,8H2,1-3H3,(H,19,21). The predicted molar refractivity (Wildman–Crippen MR) is 92.2 cm³/mol.